The van der Waals surface area contributed by atoms with Crippen molar-refractivity contribution in [1.82, 2.24) is 0 Å². The van der Waals surface area contributed by atoms with E-state index in [4.69, 9.17) is 4.74 Å². The Kier molecular flexibility index (Phi) is 6.99. The molecule has 0 saturated carbocycles. The molecule has 0 radical (unpaired) electrons. The van der Waals surface area contributed by atoms with Crippen molar-refractivity contribution < 1.29 is 9.53 Å². The van der Waals surface area contributed by atoms with Crippen molar-refractivity contribution in [1.29, 1.82) is 0 Å². The van der Waals surface area contributed by atoms with Crippen LogP contribution < -0.4 is 0 Å². The molecule has 0 aliphatic carbocycles. The molecular formula is C15H26O2. The van der Waals surface area contributed by atoms with E-state index in [1.807, 2.05) is 6.92 Å². The second kappa shape index (κ2) is 8.32. The first-order valence-corrected chi connectivity index (χ1v) is 7.14. The monoisotopic (exact) mass is 238 g/mol. The summed E-state index contributed by atoms with van der Waals surface area (Å²) in [5.41, 5.74) is 0.892. The smallest absolute Gasteiger partial charge is 0.334 e. The lowest BCUT2D eigenvalue weighted by Crippen LogP contribution is -1.99. The van der Waals surface area contributed by atoms with Crippen molar-refractivity contribution in [2.24, 2.45) is 0 Å². The molecule has 1 atom stereocenters. The minimum absolute atomic E-state index is 0.0859. The zero-order valence-electron chi connectivity index (χ0n) is 11.3. The summed E-state index contributed by atoms with van der Waals surface area (Å²) in [5, 5.41) is 0. The van der Waals surface area contributed by atoms with Gasteiger partial charge in [-0.2, -0.15) is 0 Å². The molecule has 1 fully saturated rings. The molecule has 98 valence electrons. The van der Waals surface area contributed by atoms with Crippen LogP contribution in [-0.2, 0) is 9.53 Å². The molecule has 2 heteroatoms. The van der Waals surface area contributed by atoms with Crippen molar-refractivity contribution in [2.45, 2.75) is 77.7 Å². The zero-order chi connectivity index (χ0) is 12.5. The first kappa shape index (κ1) is 14.3. The number of unbranched alkanes of at least 4 members (excludes halogenated alkanes) is 7. The van der Waals surface area contributed by atoms with E-state index in [9.17, 15) is 4.79 Å². The average Bonchev–Trinajstić information content (AvgIpc) is 2.61. The van der Waals surface area contributed by atoms with Crippen molar-refractivity contribution in [3.8, 4) is 0 Å². The Balaban J connectivity index is 2.00. The third kappa shape index (κ3) is 5.90. The molecule has 0 bridgehead atoms. The molecule has 1 saturated heterocycles. The van der Waals surface area contributed by atoms with Gasteiger partial charge in [-0.15, -0.1) is 0 Å². The van der Waals surface area contributed by atoms with E-state index < -0.39 is 0 Å². The molecule has 0 unspecified atom stereocenters. The Hall–Kier alpha value is -0.790. The zero-order valence-corrected chi connectivity index (χ0v) is 11.3. The third-order valence-corrected chi connectivity index (χ3v) is 3.28. The molecule has 1 heterocycles. The number of cyclic esters (lactones) is 1. The van der Waals surface area contributed by atoms with Gasteiger partial charge in [0, 0.05) is 12.0 Å². The highest BCUT2D eigenvalue weighted by Gasteiger charge is 2.24. The van der Waals surface area contributed by atoms with Crippen LogP contribution in [0.5, 0.6) is 0 Å². The molecule has 1 aliphatic rings. The summed E-state index contributed by atoms with van der Waals surface area (Å²) >= 11 is 0. The number of esters is 1. The SMILES string of the molecule is CCCCCCCCC/C=C1/C[C@H](C)OC1=O. The van der Waals surface area contributed by atoms with Crippen LogP contribution in [0.4, 0.5) is 0 Å². The molecule has 1 rings (SSSR count). The molecule has 0 amide bonds. The number of carbonyl (C=O) groups is 1. The normalized spacial score (nSPS) is 22.1. The van der Waals surface area contributed by atoms with Gasteiger partial charge < -0.3 is 4.74 Å². The van der Waals surface area contributed by atoms with E-state index in [0.717, 1.165) is 18.4 Å². The number of hydrogen-bond acceptors (Lipinski definition) is 2. The summed E-state index contributed by atoms with van der Waals surface area (Å²) in [6, 6.07) is 0. The molecule has 2 nitrogen and oxygen atoms in total. The standard InChI is InChI=1S/C15H26O2/c1-3-4-5-6-7-8-9-10-11-14-12-13(2)17-15(14)16/h11,13H,3-10,12H2,1-2H3/b14-11-/t13-/m0/s1. The summed E-state index contributed by atoms with van der Waals surface area (Å²) in [7, 11) is 0. The van der Waals surface area contributed by atoms with E-state index in [-0.39, 0.29) is 12.1 Å². The molecule has 17 heavy (non-hydrogen) atoms. The van der Waals surface area contributed by atoms with E-state index in [1.165, 1.54) is 44.9 Å². The van der Waals surface area contributed by atoms with Crippen molar-refractivity contribution in [2.75, 3.05) is 0 Å². The summed E-state index contributed by atoms with van der Waals surface area (Å²) in [4.78, 5) is 11.3. The van der Waals surface area contributed by atoms with Crippen LogP contribution in [0.25, 0.3) is 0 Å². The fourth-order valence-corrected chi connectivity index (χ4v) is 2.24. The van der Waals surface area contributed by atoms with Gasteiger partial charge in [-0.3, -0.25) is 0 Å². The second-order valence-electron chi connectivity index (χ2n) is 5.06. The first-order valence-electron chi connectivity index (χ1n) is 7.14. The number of carbonyl (C=O) groups excluding carboxylic acids is 1. The highest BCUT2D eigenvalue weighted by atomic mass is 16.5. The lowest BCUT2D eigenvalue weighted by molar-refractivity contribution is -0.138. The predicted molar refractivity (Wildman–Crippen MR) is 70.9 cm³/mol. The maximum Gasteiger partial charge on any atom is 0.334 e. The average molecular weight is 238 g/mol. The van der Waals surface area contributed by atoms with Crippen LogP contribution >= 0.6 is 0 Å². The fraction of sp³-hybridized carbons (Fsp3) is 0.800. The van der Waals surface area contributed by atoms with Gasteiger partial charge in [-0.25, -0.2) is 4.79 Å². The van der Waals surface area contributed by atoms with Crippen molar-refractivity contribution in [3.63, 3.8) is 0 Å². The Morgan fingerprint density at radius 3 is 2.41 bits per heavy atom. The van der Waals surface area contributed by atoms with Crippen LogP contribution in [0, 0.1) is 0 Å². The topological polar surface area (TPSA) is 26.3 Å². The summed E-state index contributed by atoms with van der Waals surface area (Å²) in [6.07, 6.45) is 13.3. The molecule has 0 aromatic carbocycles. The van der Waals surface area contributed by atoms with Gasteiger partial charge in [0.15, 0.2) is 0 Å². The van der Waals surface area contributed by atoms with Crippen LogP contribution in [0.1, 0.15) is 71.6 Å². The molecule has 0 aromatic heterocycles. The van der Waals surface area contributed by atoms with E-state index in [1.54, 1.807) is 0 Å². The van der Waals surface area contributed by atoms with E-state index in [2.05, 4.69) is 13.0 Å². The number of hydrogen-bond donors (Lipinski definition) is 0. The summed E-state index contributed by atoms with van der Waals surface area (Å²) in [6.45, 7) is 4.19. The predicted octanol–water partition coefficient (Wildman–Crippen LogP) is 4.39. The first-order chi connectivity index (χ1) is 8.24. The maximum atomic E-state index is 11.3. The lowest BCUT2D eigenvalue weighted by atomic mass is 10.1. The van der Waals surface area contributed by atoms with Crippen LogP contribution in [0.15, 0.2) is 11.6 Å². The number of ether oxygens (including phenoxy) is 1. The molecule has 0 aromatic rings. The van der Waals surface area contributed by atoms with Gasteiger partial charge in [-0.05, 0) is 19.8 Å². The molecule has 0 N–H and O–H groups in total. The minimum Gasteiger partial charge on any atom is -0.459 e. The van der Waals surface area contributed by atoms with Crippen molar-refractivity contribution >= 4 is 5.97 Å². The molecular weight excluding hydrogens is 212 g/mol. The number of rotatable bonds is 8. The van der Waals surface area contributed by atoms with Gasteiger partial charge in [0.1, 0.15) is 6.10 Å². The van der Waals surface area contributed by atoms with Gasteiger partial charge in [0.2, 0.25) is 0 Å². The summed E-state index contributed by atoms with van der Waals surface area (Å²) in [5.74, 6) is -0.0968. The largest absolute Gasteiger partial charge is 0.459 e. The fourth-order valence-electron chi connectivity index (χ4n) is 2.24. The van der Waals surface area contributed by atoms with Crippen molar-refractivity contribution in [3.05, 3.63) is 11.6 Å². The highest BCUT2D eigenvalue weighted by molar-refractivity contribution is 5.90. The molecule has 1 aliphatic heterocycles. The van der Waals surface area contributed by atoms with Crippen LogP contribution in [-0.4, -0.2) is 12.1 Å². The summed E-state index contributed by atoms with van der Waals surface area (Å²) < 4.78 is 5.09. The Labute approximate surface area is 105 Å². The second-order valence-corrected chi connectivity index (χ2v) is 5.06. The molecule has 0 spiro atoms. The van der Waals surface area contributed by atoms with Gasteiger partial charge in [0.25, 0.3) is 0 Å². The Morgan fingerprint density at radius 2 is 1.82 bits per heavy atom. The Bertz CT molecular complexity index is 256. The van der Waals surface area contributed by atoms with Crippen LogP contribution in [0.2, 0.25) is 0 Å². The Morgan fingerprint density at radius 1 is 1.18 bits per heavy atom. The number of allylic oxidation sites excluding steroid dienone is 1. The maximum absolute atomic E-state index is 11.3. The third-order valence-electron chi connectivity index (χ3n) is 3.28. The van der Waals surface area contributed by atoms with Gasteiger partial charge >= 0.3 is 5.97 Å². The quantitative estimate of drug-likeness (QED) is 0.356. The van der Waals surface area contributed by atoms with Gasteiger partial charge in [-0.1, -0.05) is 51.5 Å². The lowest BCUT2D eigenvalue weighted by Gasteiger charge is -1.99. The van der Waals surface area contributed by atoms with E-state index in [0.29, 0.717) is 0 Å². The highest BCUT2D eigenvalue weighted by Crippen LogP contribution is 2.20. The van der Waals surface area contributed by atoms with Gasteiger partial charge in [0.05, 0.1) is 0 Å². The minimum atomic E-state index is -0.0968. The van der Waals surface area contributed by atoms with Crippen LogP contribution in [0.3, 0.4) is 0 Å². The van der Waals surface area contributed by atoms with E-state index >= 15 is 0 Å².